The van der Waals surface area contributed by atoms with Crippen LogP contribution in [0.4, 0.5) is 0 Å². The largest absolute Gasteiger partial charge is 0.478 e. The maximum atomic E-state index is 14.4. The number of carbonyl (C=O) groups excluding carboxylic acids is 2. The number of carboxylic acids is 1. The van der Waals surface area contributed by atoms with Crippen LogP contribution in [0.1, 0.15) is 37.8 Å². The van der Waals surface area contributed by atoms with Crippen LogP contribution in [0, 0.1) is 0 Å². The van der Waals surface area contributed by atoms with Crippen LogP contribution in [-0.4, -0.2) is 82.7 Å². The van der Waals surface area contributed by atoms with Gasteiger partial charge in [0.05, 0.1) is 6.04 Å². The van der Waals surface area contributed by atoms with Gasteiger partial charge in [0.2, 0.25) is 11.8 Å². The number of hydrogen-bond donors (Lipinski definition) is 3. The molecule has 8 nitrogen and oxygen atoms in total. The van der Waals surface area contributed by atoms with Crippen molar-refractivity contribution in [1.82, 2.24) is 15.1 Å². The molecular weight excluding hydrogens is 530 g/mol. The molecule has 3 aromatic carbocycles. The van der Waals surface area contributed by atoms with Crippen molar-refractivity contribution < 1.29 is 24.6 Å². The number of aliphatic hydroxyl groups excluding tert-OH is 1. The lowest BCUT2D eigenvalue weighted by molar-refractivity contribution is -0.144. The van der Waals surface area contributed by atoms with Gasteiger partial charge < -0.3 is 20.4 Å². The molecule has 0 aliphatic carbocycles. The Morgan fingerprint density at radius 2 is 1.52 bits per heavy atom. The molecule has 3 rings (SSSR count). The molecule has 8 heteroatoms. The second-order valence-electron chi connectivity index (χ2n) is 11.3. The fourth-order valence-electron chi connectivity index (χ4n) is 5.03. The van der Waals surface area contributed by atoms with Crippen molar-refractivity contribution in [2.75, 3.05) is 27.2 Å². The highest BCUT2D eigenvalue weighted by Gasteiger charge is 2.38. The smallest absolute Gasteiger partial charge is 0.327 e. The van der Waals surface area contributed by atoms with E-state index in [4.69, 9.17) is 5.11 Å². The highest BCUT2D eigenvalue weighted by molar-refractivity contribution is 5.90. The number of hydrogen-bond acceptors (Lipinski definition) is 5. The summed E-state index contributed by atoms with van der Waals surface area (Å²) in [7, 11) is 3.54. The molecule has 0 aliphatic heterocycles. The molecule has 0 radical (unpaired) electrons. The number of carbonyl (C=O) groups is 3. The van der Waals surface area contributed by atoms with E-state index in [1.807, 2.05) is 92.5 Å². The molecule has 42 heavy (non-hydrogen) atoms. The lowest BCUT2D eigenvalue weighted by atomic mass is 9.92. The van der Waals surface area contributed by atoms with Gasteiger partial charge >= 0.3 is 5.97 Å². The van der Waals surface area contributed by atoms with E-state index in [9.17, 15) is 19.5 Å². The van der Waals surface area contributed by atoms with Crippen molar-refractivity contribution in [3.05, 3.63) is 96.1 Å². The number of carboxylic acid groups (broad SMARTS) is 1. The van der Waals surface area contributed by atoms with E-state index in [0.29, 0.717) is 32.2 Å². The number of rotatable bonds is 15. The zero-order chi connectivity index (χ0) is 30.7. The summed E-state index contributed by atoms with van der Waals surface area (Å²) in [4.78, 5) is 42.4. The lowest BCUT2D eigenvalue weighted by Crippen LogP contribution is -2.58. The Hall–Kier alpha value is -4.01. The lowest BCUT2D eigenvalue weighted by Gasteiger charge is -2.42. The Balaban J connectivity index is 1.97. The molecule has 0 fully saturated rings. The van der Waals surface area contributed by atoms with Crippen molar-refractivity contribution in [3.63, 3.8) is 0 Å². The minimum absolute atomic E-state index is 0.0393. The third kappa shape index (κ3) is 8.99. The maximum absolute atomic E-state index is 14.4. The van der Waals surface area contributed by atoms with Gasteiger partial charge in [-0.1, -0.05) is 78.9 Å². The van der Waals surface area contributed by atoms with Gasteiger partial charge in [0.1, 0.15) is 6.04 Å². The zero-order valence-corrected chi connectivity index (χ0v) is 25.0. The molecule has 0 heterocycles. The topological polar surface area (TPSA) is 110 Å². The molecule has 224 valence electrons. The molecule has 3 N–H and O–H groups in total. The molecule has 0 unspecified atom stereocenters. The van der Waals surface area contributed by atoms with Gasteiger partial charge in [-0.25, -0.2) is 4.79 Å². The Morgan fingerprint density at radius 1 is 0.881 bits per heavy atom. The fourth-order valence-corrected chi connectivity index (χ4v) is 5.03. The van der Waals surface area contributed by atoms with E-state index < -0.39 is 23.6 Å². The monoisotopic (exact) mass is 573 g/mol. The second-order valence-corrected chi connectivity index (χ2v) is 11.3. The van der Waals surface area contributed by atoms with E-state index in [-0.39, 0.29) is 18.4 Å². The van der Waals surface area contributed by atoms with Crippen LogP contribution in [0.3, 0.4) is 0 Å². The molecule has 0 bridgehead atoms. The quantitative estimate of drug-likeness (QED) is 0.187. The molecule has 3 aromatic rings. The first kappa shape index (κ1) is 32.5. The predicted molar refractivity (Wildman–Crippen MR) is 166 cm³/mol. The number of amides is 2. The number of nitrogens with one attached hydrogen (secondary N) is 1. The Labute approximate surface area is 248 Å². The van der Waals surface area contributed by atoms with E-state index >= 15 is 0 Å². The summed E-state index contributed by atoms with van der Waals surface area (Å²) in [5.41, 5.74) is 1.34. The highest BCUT2D eigenvalue weighted by atomic mass is 16.4. The summed E-state index contributed by atoms with van der Waals surface area (Å²) >= 11 is 0. The number of nitrogens with zero attached hydrogens (tertiary/aromatic N) is 2. The SMILES string of the molecule is CN(C(=O)[C@@H](Cc1ccc2ccccc2c1)N(C)C(C)(C)C/C=C/C(=O)O)[C@H](Cc1ccccc1)C(=O)NCCCO. The van der Waals surface area contributed by atoms with Crippen molar-refractivity contribution in [2.24, 2.45) is 0 Å². The van der Waals surface area contributed by atoms with Crippen molar-refractivity contribution in [2.45, 2.75) is 57.2 Å². The highest BCUT2D eigenvalue weighted by Crippen LogP contribution is 2.26. The number of aliphatic carboxylic acids is 1. The van der Waals surface area contributed by atoms with Crippen LogP contribution in [-0.2, 0) is 27.2 Å². The summed E-state index contributed by atoms with van der Waals surface area (Å²) in [5, 5.41) is 23.4. The molecule has 0 aliphatic rings. The van der Waals surface area contributed by atoms with Crippen LogP contribution in [0.5, 0.6) is 0 Å². The first-order valence-corrected chi connectivity index (χ1v) is 14.3. The summed E-state index contributed by atoms with van der Waals surface area (Å²) in [6, 6.07) is 22.4. The van der Waals surface area contributed by atoms with Gasteiger partial charge in [0, 0.05) is 38.2 Å². The van der Waals surface area contributed by atoms with Crippen LogP contribution in [0.2, 0.25) is 0 Å². The average Bonchev–Trinajstić information content (AvgIpc) is 2.97. The van der Waals surface area contributed by atoms with E-state index in [1.165, 1.54) is 4.90 Å². The maximum Gasteiger partial charge on any atom is 0.327 e. The van der Waals surface area contributed by atoms with Crippen LogP contribution in [0.25, 0.3) is 10.8 Å². The molecular formula is C34H43N3O5. The minimum Gasteiger partial charge on any atom is -0.478 e. The van der Waals surface area contributed by atoms with E-state index in [2.05, 4.69) is 11.4 Å². The van der Waals surface area contributed by atoms with E-state index in [1.54, 1.807) is 13.1 Å². The first-order chi connectivity index (χ1) is 20.0. The Morgan fingerprint density at radius 3 is 2.19 bits per heavy atom. The van der Waals surface area contributed by atoms with Crippen molar-refractivity contribution in [1.29, 1.82) is 0 Å². The van der Waals surface area contributed by atoms with Gasteiger partial charge in [0.25, 0.3) is 0 Å². The molecule has 2 amide bonds. The summed E-state index contributed by atoms with van der Waals surface area (Å²) < 4.78 is 0. The van der Waals surface area contributed by atoms with Crippen LogP contribution < -0.4 is 5.32 Å². The fraction of sp³-hybridized carbons (Fsp3) is 0.382. The summed E-state index contributed by atoms with van der Waals surface area (Å²) in [6.45, 7) is 4.22. The Bertz CT molecular complexity index is 1370. The summed E-state index contributed by atoms with van der Waals surface area (Å²) in [5.74, 6) is -1.51. The third-order valence-corrected chi connectivity index (χ3v) is 7.85. The second kappa shape index (κ2) is 15.3. The standard InChI is InChI=1S/C34H43N3O5/c1-34(2,19-10-16-31(39)40)37(4)30(24-26-17-18-27-14-8-9-15-28(27)22-26)33(42)36(3)29(32(41)35-20-11-21-38)23-25-12-6-5-7-13-25/h5-10,12-18,22,29-30,38H,11,19-21,23-24H2,1-4H3,(H,35,41)(H,39,40)/b16-10+/t29-,30-/m1/s1. The van der Waals surface area contributed by atoms with Crippen molar-refractivity contribution >= 4 is 28.6 Å². The van der Waals surface area contributed by atoms with Crippen molar-refractivity contribution in [3.8, 4) is 0 Å². The number of aliphatic hydroxyl groups is 1. The minimum atomic E-state index is -1.02. The first-order valence-electron chi connectivity index (χ1n) is 14.3. The molecule has 0 saturated carbocycles. The average molecular weight is 574 g/mol. The van der Waals surface area contributed by atoms with Crippen LogP contribution in [0.15, 0.2) is 84.9 Å². The van der Waals surface area contributed by atoms with Gasteiger partial charge in [-0.3, -0.25) is 14.5 Å². The number of likely N-dealkylation sites (N-methyl/N-ethyl adjacent to an activating group) is 2. The normalized spacial score (nSPS) is 13.3. The number of fused-ring (bicyclic) bond motifs is 1. The molecule has 2 atom stereocenters. The molecule has 0 saturated heterocycles. The van der Waals surface area contributed by atoms with Gasteiger partial charge in [-0.05, 0) is 62.1 Å². The van der Waals surface area contributed by atoms with Gasteiger partial charge in [0.15, 0.2) is 0 Å². The molecule has 0 aromatic heterocycles. The zero-order valence-electron chi connectivity index (χ0n) is 25.0. The van der Waals surface area contributed by atoms with Crippen LogP contribution >= 0.6 is 0 Å². The third-order valence-electron chi connectivity index (χ3n) is 7.85. The number of benzene rings is 3. The molecule has 0 spiro atoms. The van der Waals surface area contributed by atoms with Gasteiger partial charge in [-0.2, -0.15) is 0 Å². The Kier molecular flexibility index (Phi) is 11.8. The summed E-state index contributed by atoms with van der Waals surface area (Å²) in [6.07, 6.45) is 4.30. The predicted octanol–water partition coefficient (Wildman–Crippen LogP) is 4.06. The van der Waals surface area contributed by atoms with Gasteiger partial charge in [-0.15, -0.1) is 0 Å². The van der Waals surface area contributed by atoms with E-state index in [0.717, 1.165) is 28.0 Å².